The third kappa shape index (κ3) is 6.67. The number of benzene rings is 1. The van der Waals surface area contributed by atoms with Crippen molar-refractivity contribution < 1.29 is 19.1 Å². The number of carbonyl (C=O) groups excluding carboxylic acids is 3. The van der Waals surface area contributed by atoms with Gasteiger partial charge in [0.2, 0.25) is 0 Å². The van der Waals surface area contributed by atoms with E-state index < -0.39 is 5.91 Å². The summed E-state index contributed by atoms with van der Waals surface area (Å²) >= 11 is 1.32. The maximum absolute atomic E-state index is 12.7. The van der Waals surface area contributed by atoms with Gasteiger partial charge in [-0.25, -0.2) is 15.0 Å². The Morgan fingerprint density at radius 1 is 1.00 bits per heavy atom. The van der Waals surface area contributed by atoms with E-state index in [1.165, 1.54) is 17.5 Å². The highest BCUT2D eigenvalue weighted by Crippen LogP contribution is 2.25. The van der Waals surface area contributed by atoms with Crippen molar-refractivity contribution >= 4 is 46.4 Å². The molecule has 0 radical (unpaired) electrons. The van der Waals surface area contributed by atoms with Crippen LogP contribution in [0, 0.1) is 0 Å². The molecule has 0 bridgehead atoms. The van der Waals surface area contributed by atoms with Crippen molar-refractivity contribution in [3.63, 3.8) is 0 Å². The Labute approximate surface area is 229 Å². The van der Waals surface area contributed by atoms with Gasteiger partial charge in [0.1, 0.15) is 5.82 Å². The zero-order valence-electron chi connectivity index (χ0n) is 21.3. The lowest BCUT2D eigenvalue weighted by Crippen LogP contribution is -2.40. The van der Waals surface area contributed by atoms with Crippen molar-refractivity contribution in [2.24, 2.45) is 5.73 Å². The molecule has 1 saturated carbocycles. The summed E-state index contributed by atoms with van der Waals surface area (Å²) in [5, 5.41) is 11.8. The lowest BCUT2D eigenvalue weighted by molar-refractivity contribution is 0.0303. The van der Waals surface area contributed by atoms with E-state index in [9.17, 15) is 14.4 Å². The lowest BCUT2D eigenvalue weighted by atomic mass is 9.91. The molecular weight excluding hydrogens is 520 g/mol. The molecule has 13 heteroatoms. The van der Waals surface area contributed by atoms with E-state index in [-0.39, 0.29) is 35.4 Å². The fraction of sp³-hybridized carbons (Fsp3) is 0.385. The molecule has 5 N–H and O–H groups in total. The van der Waals surface area contributed by atoms with Gasteiger partial charge in [-0.15, -0.1) is 11.3 Å². The smallest absolute Gasteiger partial charge is 0.280 e. The van der Waals surface area contributed by atoms with Crippen molar-refractivity contribution in [2.45, 2.75) is 37.8 Å². The molecule has 1 aliphatic heterocycles. The number of rotatable bonds is 8. The van der Waals surface area contributed by atoms with Crippen LogP contribution in [0.1, 0.15) is 56.3 Å². The number of hydrogen-bond donors (Lipinski definition) is 4. The van der Waals surface area contributed by atoms with Crippen LogP contribution in [0.15, 0.2) is 42.0 Å². The molecule has 1 aromatic carbocycles. The van der Waals surface area contributed by atoms with E-state index in [2.05, 4.69) is 30.9 Å². The Morgan fingerprint density at radius 2 is 1.72 bits per heavy atom. The van der Waals surface area contributed by atoms with E-state index in [0.717, 1.165) is 25.7 Å². The Kier molecular flexibility index (Phi) is 8.27. The number of carbonyl (C=O) groups is 3. The first-order valence-corrected chi connectivity index (χ1v) is 13.7. The van der Waals surface area contributed by atoms with Gasteiger partial charge in [-0.05, 0) is 49.9 Å². The third-order valence-corrected chi connectivity index (χ3v) is 7.51. The predicted octanol–water partition coefficient (Wildman–Crippen LogP) is 2.40. The van der Waals surface area contributed by atoms with Gasteiger partial charge < -0.3 is 31.3 Å². The van der Waals surface area contributed by atoms with Gasteiger partial charge in [-0.2, -0.15) is 0 Å². The van der Waals surface area contributed by atoms with Crippen LogP contribution in [0.3, 0.4) is 0 Å². The molecule has 3 amide bonds. The standard InChI is InChI=1S/C26H30N8O4S/c27-22(35)21-23(31-18-3-1-16(2-4-18)26(37)34-10-12-38-13-11-34)33-20(15-29-21)30-17-5-7-19(8-6-17)32-24(36)25-28-9-14-39-25/h1-4,9,14-15,17,19H,5-8,10-13H2,(H2,27,35)(H,32,36)(H2,30,31,33). The molecule has 204 valence electrons. The summed E-state index contributed by atoms with van der Waals surface area (Å²) < 4.78 is 5.31. The number of ether oxygens (including phenoxy) is 1. The molecule has 39 heavy (non-hydrogen) atoms. The lowest BCUT2D eigenvalue weighted by Gasteiger charge is -2.29. The summed E-state index contributed by atoms with van der Waals surface area (Å²) in [4.78, 5) is 51.6. The minimum Gasteiger partial charge on any atom is -0.378 e. The molecule has 2 aromatic heterocycles. The number of hydrogen-bond acceptors (Lipinski definition) is 10. The quantitative estimate of drug-likeness (QED) is 0.330. The second kappa shape index (κ2) is 12.2. The fourth-order valence-corrected chi connectivity index (χ4v) is 5.22. The Bertz CT molecular complexity index is 1300. The highest BCUT2D eigenvalue weighted by molar-refractivity contribution is 7.11. The summed E-state index contributed by atoms with van der Waals surface area (Å²) in [6, 6.07) is 7.20. The second-order valence-electron chi connectivity index (χ2n) is 9.43. The number of thiazole rings is 1. The van der Waals surface area contributed by atoms with Gasteiger partial charge in [0.05, 0.1) is 19.4 Å². The van der Waals surface area contributed by atoms with Crippen molar-refractivity contribution in [3.05, 3.63) is 58.3 Å². The molecule has 0 atom stereocenters. The van der Waals surface area contributed by atoms with E-state index in [1.807, 2.05) is 0 Å². The average Bonchev–Trinajstić information content (AvgIpc) is 3.50. The maximum atomic E-state index is 12.7. The van der Waals surface area contributed by atoms with E-state index in [1.54, 1.807) is 40.7 Å². The molecule has 0 spiro atoms. The number of morpholine rings is 1. The molecule has 3 heterocycles. The first kappa shape index (κ1) is 26.5. The molecule has 0 unspecified atom stereocenters. The van der Waals surface area contributed by atoms with Crippen molar-refractivity contribution in [3.8, 4) is 0 Å². The highest BCUT2D eigenvalue weighted by Gasteiger charge is 2.24. The van der Waals surface area contributed by atoms with Crippen LogP contribution in [0.5, 0.6) is 0 Å². The monoisotopic (exact) mass is 550 g/mol. The Morgan fingerprint density at radius 3 is 2.38 bits per heavy atom. The molecular formula is C26H30N8O4S. The first-order valence-electron chi connectivity index (χ1n) is 12.8. The normalized spacial score (nSPS) is 19.2. The van der Waals surface area contributed by atoms with Crippen LogP contribution in [-0.2, 0) is 4.74 Å². The van der Waals surface area contributed by atoms with Crippen LogP contribution in [0.4, 0.5) is 17.3 Å². The molecule has 1 aliphatic carbocycles. The van der Waals surface area contributed by atoms with Crippen LogP contribution in [0.2, 0.25) is 0 Å². The van der Waals surface area contributed by atoms with Gasteiger partial charge in [-0.3, -0.25) is 14.4 Å². The molecule has 1 saturated heterocycles. The fourth-order valence-electron chi connectivity index (χ4n) is 4.68. The van der Waals surface area contributed by atoms with Crippen molar-refractivity contribution in [1.82, 2.24) is 25.2 Å². The largest absolute Gasteiger partial charge is 0.378 e. The molecule has 2 fully saturated rings. The summed E-state index contributed by atoms with van der Waals surface area (Å²) in [6.45, 7) is 2.21. The van der Waals surface area contributed by atoms with Gasteiger partial charge >= 0.3 is 0 Å². The summed E-state index contributed by atoms with van der Waals surface area (Å²) in [7, 11) is 0. The second-order valence-corrected chi connectivity index (χ2v) is 10.3. The topological polar surface area (TPSA) is 164 Å². The number of nitrogens with one attached hydrogen (secondary N) is 3. The SMILES string of the molecule is NC(=O)c1ncc(NC2CCC(NC(=O)c3nccs3)CC2)nc1Nc1ccc(C(=O)N2CCOCC2)cc1. The third-order valence-electron chi connectivity index (χ3n) is 6.74. The van der Waals surface area contributed by atoms with Gasteiger partial charge in [0.15, 0.2) is 16.5 Å². The van der Waals surface area contributed by atoms with Gasteiger partial charge in [0, 0.05) is 48.0 Å². The zero-order valence-corrected chi connectivity index (χ0v) is 22.1. The summed E-state index contributed by atoms with van der Waals surface area (Å²) in [6.07, 6.45) is 6.43. The number of nitrogens with two attached hydrogens (primary N) is 1. The number of anilines is 3. The van der Waals surface area contributed by atoms with E-state index in [4.69, 9.17) is 10.5 Å². The van der Waals surface area contributed by atoms with Crippen molar-refractivity contribution in [1.29, 1.82) is 0 Å². The summed E-state index contributed by atoms with van der Waals surface area (Å²) in [5.74, 6) is -0.150. The number of nitrogens with zero attached hydrogens (tertiary/aromatic N) is 4. The van der Waals surface area contributed by atoms with Crippen LogP contribution in [0.25, 0.3) is 0 Å². The number of amides is 3. The Hall–Kier alpha value is -4.10. The first-order chi connectivity index (χ1) is 19.0. The molecule has 2 aliphatic rings. The van der Waals surface area contributed by atoms with Gasteiger partial charge in [-0.1, -0.05) is 0 Å². The summed E-state index contributed by atoms with van der Waals surface area (Å²) in [5.41, 5.74) is 6.76. The molecule has 5 rings (SSSR count). The minimum atomic E-state index is -0.702. The van der Waals surface area contributed by atoms with Crippen LogP contribution in [-0.4, -0.2) is 76.0 Å². The number of primary amides is 1. The molecule has 12 nitrogen and oxygen atoms in total. The Balaban J connectivity index is 1.19. The number of aromatic nitrogens is 3. The van der Waals surface area contributed by atoms with Crippen molar-refractivity contribution in [2.75, 3.05) is 36.9 Å². The van der Waals surface area contributed by atoms with Crippen LogP contribution < -0.4 is 21.7 Å². The van der Waals surface area contributed by atoms with Gasteiger partial charge in [0.25, 0.3) is 17.7 Å². The van der Waals surface area contributed by atoms with E-state index in [0.29, 0.717) is 48.4 Å². The maximum Gasteiger partial charge on any atom is 0.280 e. The average molecular weight is 551 g/mol. The predicted molar refractivity (Wildman–Crippen MR) is 146 cm³/mol. The minimum absolute atomic E-state index is 0.0163. The van der Waals surface area contributed by atoms with E-state index >= 15 is 0 Å². The highest BCUT2D eigenvalue weighted by atomic mass is 32.1. The van der Waals surface area contributed by atoms with Crippen LogP contribution >= 0.6 is 11.3 Å². The molecule has 3 aromatic rings. The zero-order chi connectivity index (χ0) is 27.2.